The van der Waals surface area contributed by atoms with E-state index in [-0.39, 0.29) is 0 Å². The first-order chi connectivity index (χ1) is 6.31. The minimum absolute atomic E-state index is 1.03. The molecule has 0 bridgehead atoms. The van der Waals surface area contributed by atoms with Gasteiger partial charge in [0.05, 0.1) is 0 Å². The lowest BCUT2D eigenvalue weighted by Gasteiger charge is -2.16. The summed E-state index contributed by atoms with van der Waals surface area (Å²) < 4.78 is 0. The Morgan fingerprint density at radius 2 is 2.15 bits per heavy atom. The lowest BCUT2D eigenvalue weighted by atomic mass is 10.2. The molecule has 2 heteroatoms. The van der Waals surface area contributed by atoms with Crippen molar-refractivity contribution in [1.82, 2.24) is 4.98 Å². The predicted octanol–water partition coefficient (Wildman–Crippen LogP) is 2.62. The first-order valence-corrected chi connectivity index (χ1v) is 4.59. The van der Waals surface area contributed by atoms with Gasteiger partial charge in [-0.05, 0) is 30.5 Å². The Morgan fingerprint density at radius 3 is 2.92 bits per heavy atom. The van der Waals surface area contributed by atoms with E-state index in [4.69, 9.17) is 0 Å². The van der Waals surface area contributed by atoms with Gasteiger partial charge in [0.25, 0.3) is 0 Å². The number of anilines is 1. The van der Waals surface area contributed by atoms with Crippen LogP contribution in [0.15, 0.2) is 30.5 Å². The molecule has 0 atom stereocenters. The molecule has 0 saturated carbocycles. The number of aromatic amines is 1. The fourth-order valence-electron chi connectivity index (χ4n) is 1.46. The third kappa shape index (κ3) is 1.39. The molecule has 68 valence electrons. The van der Waals surface area contributed by atoms with E-state index in [0.29, 0.717) is 0 Å². The Labute approximate surface area is 78.2 Å². The summed E-state index contributed by atoms with van der Waals surface area (Å²) in [7, 11) is 2.10. The topological polar surface area (TPSA) is 19.0 Å². The van der Waals surface area contributed by atoms with E-state index in [1.54, 1.807) is 0 Å². The molecule has 13 heavy (non-hydrogen) atoms. The Balaban J connectivity index is 2.48. The minimum Gasteiger partial charge on any atom is -0.375 e. The largest absolute Gasteiger partial charge is 0.375 e. The van der Waals surface area contributed by atoms with Crippen molar-refractivity contribution in [3.63, 3.8) is 0 Å². The van der Waals surface area contributed by atoms with Crippen LogP contribution in [-0.4, -0.2) is 18.6 Å². The molecule has 0 radical (unpaired) electrons. The van der Waals surface area contributed by atoms with Crippen LogP contribution in [0.1, 0.15) is 6.92 Å². The first kappa shape index (κ1) is 8.17. The lowest BCUT2D eigenvalue weighted by Crippen LogP contribution is -2.15. The van der Waals surface area contributed by atoms with Crippen LogP contribution in [0.2, 0.25) is 0 Å². The van der Waals surface area contributed by atoms with Gasteiger partial charge >= 0.3 is 0 Å². The van der Waals surface area contributed by atoms with Crippen molar-refractivity contribution >= 4 is 16.6 Å². The van der Waals surface area contributed by atoms with Gasteiger partial charge in [-0.1, -0.05) is 6.07 Å². The van der Waals surface area contributed by atoms with Crippen LogP contribution in [-0.2, 0) is 0 Å². The van der Waals surface area contributed by atoms with Crippen molar-refractivity contribution in [2.24, 2.45) is 0 Å². The molecule has 2 nitrogen and oxygen atoms in total. The summed E-state index contributed by atoms with van der Waals surface area (Å²) in [6, 6.07) is 8.57. The maximum Gasteiger partial charge on any atom is 0.0474 e. The fraction of sp³-hybridized carbons (Fsp3) is 0.273. The van der Waals surface area contributed by atoms with E-state index in [1.807, 2.05) is 6.20 Å². The average Bonchev–Trinajstić information content (AvgIpc) is 2.63. The zero-order valence-corrected chi connectivity index (χ0v) is 8.04. The van der Waals surface area contributed by atoms with Gasteiger partial charge in [-0.25, -0.2) is 0 Å². The smallest absolute Gasteiger partial charge is 0.0474 e. The standard InChI is InChI=1S/C11H14N2/c1-3-13(2)10-5-4-9-6-7-12-11(9)8-10/h4-8,12H,3H2,1-2H3. The molecule has 0 saturated heterocycles. The molecule has 0 aliphatic heterocycles. The van der Waals surface area contributed by atoms with E-state index >= 15 is 0 Å². The highest BCUT2D eigenvalue weighted by molar-refractivity contribution is 5.82. The molecule has 0 aliphatic carbocycles. The minimum atomic E-state index is 1.03. The molecule has 1 aromatic heterocycles. The Hall–Kier alpha value is -1.44. The summed E-state index contributed by atoms with van der Waals surface area (Å²) in [5.74, 6) is 0. The molecule has 0 spiro atoms. The van der Waals surface area contributed by atoms with Gasteiger partial charge in [0.2, 0.25) is 0 Å². The fourth-order valence-corrected chi connectivity index (χ4v) is 1.46. The Kier molecular flexibility index (Phi) is 1.97. The van der Waals surface area contributed by atoms with Gasteiger partial charge in [-0.15, -0.1) is 0 Å². The van der Waals surface area contributed by atoms with Crippen molar-refractivity contribution < 1.29 is 0 Å². The van der Waals surface area contributed by atoms with E-state index < -0.39 is 0 Å². The summed E-state index contributed by atoms with van der Waals surface area (Å²) in [6.45, 7) is 3.19. The van der Waals surface area contributed by atoms with Crippen LogP contribution in [0.25, 0.3) is 10.9 Å². The molecule has 2 rings (SSSR count). The summed E-state index contributed by atoms with van der Waals surface area (Å²) >= 11 is 0. The average molecular weight is 174 g/mol. The highest BCUT2D eigenvalue weighted by Gasteiger charge is 1.99. The summed E-state index contributed by atoms with van der Waals surface area (Å²) in [5, 5.41) is 1.27. The number of H-pyrrole nitrogens is 1. The third-order valence-electron chi connectivity index (χ3n) is 2.45. The number of hydrogen-bond acceptors (Lipinski definition) is 1. The van der Waals surface area contributed by atoms with Crippen molar-refractivity contribution in [3.8, 4) is 0 Å². The third-order valence-corrected chi connectivity index (χ3v) is 2.45. The van der Waals surface area contributed by atoms with Crippen molar-refractivity contribution in [1.29, 1.82) is 0 Å². The van der Waals surface area contributed by atoms with E-state index in [9.17, 15) is 0 Å². The maximum absolute atomic E-state index is 3.21. The highest BCUT2D eigenvalue weighted by atomic mass is 15.1. The van der Waals surface area contributed by atoms with Crippen molar-refractivity contribution in [2.75, 3.05) is 18.5 Å². The summed E-state index contributed by atoms with van der Waals surface area (Å²) in [6.07, 6.45) is 1.97. The lowest BCUT2D eigenvalue weighted by molar-refractivity contribution is 0.969. The molecule has 0 amide bonds. The van der Waals surface area contributed by atoms with Crippen molar-refractivity contribution in [2.45, 2.75) is 6.92 Å². The number of hydrogen-bond donors (Lipinski definition) is 1. The zero-order valence-electron chi connectivity index (χ0n) is 8.04. The first-order valence-electron chi connectivity index (χ1n) is 4.59. The molecule has 2 aromatic rings. The number of aromatic nitrogens is 1. The predicted molar refractivity (Wildman–Crippen MR) is 57.2 cm³/mol. The second-order valence-corrected chi connectivity index (χ2v) is 3.26. The van der Waals surface area contributed by atoms with Crippen LogP contribution in [0, 0.1) is 0 Å². The van der Waals surface area contributed by atoms with Crippen LogP contribution in [0.3, 0.4) is 0 Å². The molecule has 1 heterocycles. The molecular weight excluding hydrogens is 160 g/mol. The van der Waals surface area contributed by atoms with Crippen LogP contribution < -0.4 is 4.90 Å². The number of fused-ring (bicyclic) bond motifs is 1. The number of nitrogens with zero attached hydrogens (tertiary/aromatic N) is 1. The molecule has 1 aromatic carbocycles. The summed E-state index contributed by atoms with van der Waals surface area (Å²) in [5.41, 5.74) is 2.47. The van der Waals surface area contributed by atoms with Crippen molar-refractivity contribution in [3.05, 3.63) is 30.5 Å². The molecule has 0 fully saturated rings. The maximum atomic E-state index is 3.21. The molecule has 0 unspecified atom stereocenters. The molecular formula is C11H14N2. The monoisotopic (exact) mass is 174 g/mol. The van der Waals surface area contributed by atoms with Crippen LogP contribution in [0.5, 0.6) is 0 Å². The second kappa shape index (κ2) is 3.13. The van der Waals surface area contributed by atoms with Gasteiger partial charge in [-0.2, -0.15) is 0 Å². The van der Waals surface area contributed by atoms with Crippen LogP contribution >= 0.6 is 0 Å². The van der Waals surface area contributed by atoms with E-state index in [1.165, 1.54) is 16.6 Å². The van der Waals surface area contributed by atoms with Gasteiger partial charge < -0.3 is 9.88 Å². The van der Waals surface area contributed by atoms with E-state index in [2.05, 4.69) is 48.1 Å². The Morgan fingerprint density at radius 1 is 1.31 bits per heavy atom. The van der Waals surface area contributed by atoms with Gasteiger partial charge in [0, 0.05) is 31.0 Å². The SMILES string of the molecule is CCN(C)c1ccc2cc[nH]c2c1. The normalized spacial score (nSPS) is 10.6. The molecule has 0 aliphatic rings. The number of benzene rings is 1. The van der Waals surface area contributed by atoms with Gasteiger partial charge in [0.15, 0.2) is 0 Å². The zero-order chi connectivity index (χ0) is 9.26. The van der Waals surface area contributed by atoms with Gasteiger partial charge in [-0.3, -0.25) is 0 Å². The Bertz CT molecular complexity index is 403. The van der Waals surface area contributed by atoms with Crippen LogP contribution in [0.4, 0.5) is 5.69 Å². The van der Waals surface area contributed by atoms with Gasteiger partial charge in [0.1, 0.15) is 0 Å². The highest BCUT2D eigenvalue weighted by Crippen LogP contribution is 2.19. The quantitative estimate of drug-likeness (QED) is 0.741. The number of rotatable bonds is 2. The number of nitrogens with one attached hydrogen (secondary N) is 1. The molecule has 1 N–H and O–H groups in total. The second-order valence-electron chi connectivity index (χ2n) is 3.26. The van der Waals surface area contributed by atoms with E-state index in [0.717, 1.165) is 6.54 Å². The summed E-state index contributed by atoms with van der Waals surface area (Å²) in [4.78, 5) is 5.43.